The molecule has 0 aliphatic rings. The normalized spacial score (nSPS) is 10.8. The Morgan fingerprint density at radius 3 is 2.79 bits per heavy atom. The molecule has 19 heavy (non-hydrogen) atoms. The molecule has 5 heteroatoms. The topological polar surface area (TPSA) is 65.4 Å². The number of pyridine rings is 1. The summed E-state index contributed by atoms with van der Waals surface area (Å²) in [5.74, 6) is 1.56. The summed E-state index contributed by atoms with van der Waals surface area (Å²) in [6.45, 7) is 0.437. The van der Waals surface area contributed by atoms with Crippen LogP contribution >= 0.6 is 0 Å². The summed E-state index contributed by atoms with van der Waals surface area (Å²) in [5, 5.41) is 8.43. The van der Waals surface area contributed by atoms with Crippen LogP contribution in [0, 0.1) is 0 Å². The number of rotatable bonds is 3. The molecule has 0 radical (unpaired) electrons. The van der Waals surface area contributed by atoms with Crippen LogP contribution in [-0.2, 0) is 6.54 Å². The first-order valence-corrected chi connectivity index (χ1v) is 6.01. The van der Waals surface area contributed by atoms with Crippen molar-refractivity contribution < 1.29 is 4.74 Å². The van der Waals surface area contributed by atoms with Crippen molar-refractivity contribution in [1.82, 2.24) is 14.6 Å². The van der Waals surface area contributed by atoms with Crippen LogP contribution in [0.25, 0.3) is 17.0 Å². The van der Waals surface area contributed by atoms with Gasteiger partial charge < -0.3 is 10.5 Å². The molecule has 0 unspecified atom stereocenters. The Morgan fingerprint density at radius 1 is 1.16 bits per heavy atom. The van der Waals surface area contributed by atoms with E-state index in [-0.39, 0.29) is 0 Å². The molecular weight excluding hydrogens is 240 g/mol. The van der Waals surface area contributed by atoms with Crippen LogP contribution in [0.2, 0.25) is 0 Å². The molecule has 2 N–H and O–H groups in total. The number of methoxy groups -OCH3 is 1. The third-order valence-corrected chi connectivity index (χ3v) is 3.05. The second kappa shape index (κ2) is 4.70. The zero-order valence-electron chi connectivity index (χ0n) is 10.6. The van der Waals surface area contributed by atoms with Gasteiger partial charge in [0.15, 0.2) is 11.5 Å². The van der Waals surface area contributed by atoms with Crippen LogP contribution in [0.4, 0.5) is 0 Å². The Labute approximate surface area is 110 Å². The van der Waals surface area contributed by atoms with Gasteiger partial charge in [0.1, 0.15) is 5.75 Å². The lowest BCUT2D eigenvalue weighted by Crippen LogP contribution is -2.04. The van der Waals surface area contributed by atoms with Crippen molar-refractivity contribution in [3.05, 3.63) is 48.2 Å². The third kappa shape index (κ3) is 1.94. The van der Waals surface area contributed by atoms with Gasteiger partial charge >= 0.3 is 0 Å². The van der Waals surface area contributed by atoms with E-state index < -0.39 is 0 Å². The molecule has 5 nitrogen and oxygen atoms in total. The Morgan fingerprint density at radius 2 is 2.00 bits per heavy atom. The first-order chi connectivity index (χ1) is 9.33. The summed E-state index contributed by atoms with van der Waals surface area (Å²) < 4.78 is 7.21. The molecule has 0 fully saturated rings. The highest BCUT2D eigenvalue weighted by atomic mass is 16.5. The predicted octanol–water partition coefficient (Wildman–Crippen LogP) is 1.86. The number of fused-ring (bicyclic) bond motifs is 1. The van der Waals surface area contributed by atoms with Crippen molar-refractivity contribution in [1.29, 1.82) is 0 Å². The van der Waals surface area contributed by atoms with E-state index in [1.54, 1.807) is 7.11 Å². The molecule has 2 aromatic heterocycles. The maximum absolute atomic E-state index is 5.78. The average molecular weight is 254 g/mol. The van der Waals surface area contributed by atoms with E-state index in [2.05, 4.69) is 10.2 Å². The fraction of sp³-hybridized carbons (Fsp3) is 0.143. The Hall–Kier alpha value is -2.40. The highest BCUT2D eigenvalue weighted by Crippen LogP contribution is 2.23. The summed E-state index contributed by atoms with van der Waals surface area (Å²) in [4.78, 5) is 0. The van der Waals surface area contributed by atoms with Crippen LogP contribution in [-0.4, -0.2) is 21.7 Å². The lowest BCUT2D eigenvalue weighted by Gasteiger charge is -2.06. The fourth-order valence-corrected chi connectivity index (χ4v) is 2.12. The van der Waals surface area contributed by atoms with E-state index in [0.29, 0.717) is 6.54 Å². The number of nitrogens with zero attached hydrogens (tertiary/aromatic N) is 3. The molecule has 0 atom stereocenters. The standard InChI is InChI=1S/C14H14N4O/c1-19-12-6-2-4-10(8-12)14-17-16-13-7-3-5-11(9-15)18(13)14/h2-8H,9,15H2,1H3. The molecule has 0 saturated heterocycles. The number of hydrogen-bond acceptors (Lipinski definition) is 4. The quantitative estimate of drug-likeness (QED) is 0.774. The van der Waals surface area contributed by atoms with Crippen molar-refractivity contribution in [2.45, 2.75) is 6.54 Å². The lowest BCUT2D eigenvalue weighted by atomic mass is 10.2. The number of hydrogen-bond donors (Lipinski definition) is 1. The average Bonchev–Trinajstić information content (AvgIpc) is 2.91. The minimum atomic E-state index is 0.437. The fourth-order valence-electron chi connectivity index (χ4n) is 2.12. The highest BCUT2D eigenvalue weighted by molar-refractivity contribution is 5.61. The number of nitrogens with two attached hydrogens (primary N) is 1. The second-order valence-corrected chi connectivity index (χ2v) is 4.17. The summed E-state index contributed by atoms with van der Waals surface area (Å²) in [5.41, 5.74) is 8.49. The van der Waals surface area contributed by atoms with Gasteiger partial charge in [-0.25, -0.2) is 0 Å². The van der Waals surface area contributed by atoms with Crippen molar-refractivity contribution in [3.63, 3.8) is 0 Å². The minimum Gasteiger partial charge on any atom is -0.497 e. The summed E-state index contributed by atoms with van der Waals surface area (Å²) in [6, 6.07) is 13.6. The zero-order valence-corrected chi connectivity index (χ0v) is 10.6. The van der Waals surface area contributed by atoms with Gasteiger partial charge in [0.05, 0.1) is 7.11 Å². The predicted molar refractivity (Wildman–Crippen MR) is 72.9 cm³/mol. The Bertz CT molecular complexity index is 720. The Kier molecular flexibility index (Phi) is 2.89. The van der Waals surface area contributed by atoms with E-state index in [1.807, 2.05) is 46.9 Å². The summed E-state index contributed by atoms with van der Waals surface area (Å²) >= 11 is 0. The molecule has 1 aromatic carbocycles. The molecule has 3 aromatic rings. The second-order valence-electron chi connectivity index (χ2n) is 4.17. The SMILES string of the molecule is COc1cccc(-c2nnc3cccc(CN)n23)c1. The van der Waals surface area contributed by atoms with Crippen LogP contribution in [0.15, 0.2) is 42.5 Å². The molecule has 0 amide bonds. The van der Waals surface area contributed by atoms with Crippen molar-refractivity contribution in [2.24, 2.45) is 5.73 Å². The molecule has 2 heterocycles. The van der Waals surface area contributed by atoms with E-state index in [0.717, 1.165) is 28.5 Å². The van der Waals surface area contributed by atoms with Crippen LogP contribution < -0.4 is 10.5 Å². The molecule has 0 saturated carbocycles. The smallest absolute Gasteiger partial charge is 0.168 e. The molecular formula is C14H14N4O. The number of benzene rings is 1. The van der Waals surface area contributed by atoms with Gasteiger partial charge in [0.25, 0.3) is 0 Å². The molecule has 96 valence electrons. The maximum atomic E-state index is 5.78. The van der Waals surface area contributed by atoms with Crippen LogP contribution in [0.1, 0.15) is 5.69 Å². The molecule has 0 aliphatic carbocycles. The van der Waals surface area contributed by atoms with Crippen LogP contribution in [0.5, 0.6) is 5.75 Å². The third-order valence-electron chi connectivity index (χ3n) is 3.05. The highest BCUT2D eigenvalue weighted by Gasteiger charge is 2.11. The molecule has 0 bridgehead atoms. The first-order valence-electron chi connectivity index (χ1n) is 6.01. The zero-order chi connectivity index (χ0) is 13.2. The van der Waals surface area contributed by atoms with E-state index in [4.69, 9.17) is 10.5 Å². The van der Waals surface area contributed by atoms with E-state index in [9.17, 15) is 0 Å². The van der Waals surface area contributed by atoms with Gasteiger partial charge in [0, 0.05) is 17.8 Å². The molecule has 0 spiro atoms. The maximum Gasteiger partial charge on any atom is 0.168 e. The first kappa shape index (κ1) is 11.7. The van der Waals surface area contributed by atoms with Gasteiger partial charge in [-0.2, -0.15) is 0 Å². The molecule has 0 aliphatic heterocycles. The number of aromatic nitrogens is 3. The van der Waals surface area contributed by atoms with Gasteiger partial charge in [-0.3, -0.25) is 4.40 Å². The van der Waals surface area contributed by atoms with Gasteiger partial charge in [-0.1, -0.05) is 18.2 Å². The van der Waals surface area contributed by atoms with E-state index >= 15 is 0 Å². The number of ether oxygens (including phenoxy) is 1. The largest absolute Gasteiger partial charge is 0.497 e. The molecule has 3 rings (SSSR count). The van der Waals surface area contributed by atoms with Crippen molar-refractivity contribution in [3.8, 4) is 17.1 Å². The van der Waals surface area contributed by atoms with Crippen molar-refractivity contribution in [2.75, 3.05) is 7.11 Å². The van der Waals surface area contributed by atoms with Crippen molar-refractivity contribution >= 4 is 5.65 Å². The van der Waals surface area contributed by atoms with Gasteiger partial charge in [-0.05, 0) is 24.3 Å². The Balaban J connectivity index is 2.24. The summed E-state index contributed by atoms with van der Waals surface area (Å²) in [6.07, 6.45) is 0. The van der Waals surface area contributed by atoms with Gasteiger partial charge in [-0.15, -0.1) is 10.2 Å². The minimum absolute atomic E-state index is 0.437. The lowest BCUT2D eigenvalue weighted by molar-refractivity contribution is 0.415. The van der Waals surface area contributed by atoms with E-state index in [1.165, 1.54) is 0 Å². The monoisotopic (exact) mass is 254 g/mol. The van der Waals surface area contributed by atoms with Crippen LogP contribution in [0.3, 0.4) is 0 Å². The summed E-state index contributed by atoms with van der Waals surface area (Å²) in [7, 11) is 1.65. The van der Waals surface area contributed by atoms with Gasteiger partial charge in [0.2, 0.25) is 0 Å².